The van der Waals surface area contributed by atoms with Crippen molar-refractivity contribution in [2.24, 2.45) is 0 Å². The molecule has 0 aliphatic heterocycles. The molecule has 0 spiro atoms. The van der Waals surface area contributed by atoms with Crippen molar-refractivity contribution >= 4 is 17.6 Å². The average molecular weight is 279 g/mol. The van der Waals surface area contributed by atoms with Crippen molar-refractivity contribution in [1.29, 1.82) is 0 Å². The van der Waals surface area contributed by atoms with E-state index in [0.717, 1.165) is 16.4 Å². The minimum absolute atomic E-state index is 0.0519. The molecule has 1 aromatic rings. The molecule has 2 rings (SSSR count). The summed E-state index contributed by atoms with van der Waals surface area (Å²) in [5.74, 6) is 1.49. The number of aromatic nitrogens is 2. The van der Waals surface area contributed by atoms with Gasteiger partial charge < -0.3 is 5.73 Å². The molecule has 0 radical (unpaired) electrons. The van der Waals surface area contributed by atoms with E-state index in [1.807, 2.05) is 18.7 Å². The molecule has 1 heterocycles. The molecule has 106 valence electrons. The van der Waals surface area contributed by atoms with Crippen LogP contribution in [-0.4, -0.2) is 15.2 Å². The number of nitrogens with zero attached hydrogens (tertiary/aromatic N) is 2. The van der Waals surface area contributed by atoms with Crippen molar-refractivity contribution in [2.45, 2.75) is 75.5 Å². The van der Waals surface area contributed by atoms with Crippen LogP contribution >= 0.6 is 11.8 Å². The van der Waals surface area contributed by atoms with E-state index in [2.05, 4.69) is 25.8 Å². The topological polar surface area (TPSA) is 51.8 Å². The summed E-state index contributed by atoms with van der Waals surface area (Å²) in [6.45, 7) is 8.43. The quantitative estimate of drug-likeness (QED) is 0.828. The fourth-order valence-electron chi connectivity index (χ4n) is 2.30. The number of anilines is 1. The van der Waals surface area contributed by atoms with E-state index >= 15 is 0 Å². The maximum absolute atomic E-state index is 6.06. The SMILES string of the molecule is Cc1c(N)nc(C(C)(C)C)nc1SC1CCCCC1. The highest BCUT2D eigenvalue weighted by atomic mass is 32.2. The summed E-state index contributed by atoms with van der Waals surface area (Å²) in [6.07, 6.45) is 6.69. The fraction of sp³-hybridized carbons (Fsp3) is 0.733. The van der Waals surface area contributed by atoms with Crippen LogP contribution in [0.2, 0.25) is 0 Å². The van der Waals surface area contributed by atoms with Crippen LogP contribution in [0.5, 0.6) is 0 Å². The Hall–Kier alpha value is -0.770. The second-order valence-electron chi connectivity index (χ2n) is 6.49. The first-order chi connectivity index (χ1) is 8.88. The minimum Gasteiger partial charge on any atom is -0.383 e. The van der Waals surface area contributed by atoms with Crippen LogP contribution in [0.15, 0.2) is 5.03 Å². The van der Waals surface area contributed by atoms with Crippen LogP contribution in [0.3, 0.4) is 0 Å². The van der Waals surface area contributed by atoms with Crippen molar-refractivity contribution in [2.75, 3.05) is 5.73 Å². The summed E-state index contributed by atoms with van der Waals surface area (Å²) >= 11 is 1.90. The first-order valence-electron chi connectivity index (χ1n) is 7.19. The molecule has 1 aromatic heterocycles. The third-order valence-electron chi connectivity index (χ3n) is 3.64. The van der Waals surface area contributed by atoms with E-state index in [4.69, 9.17) is 10.7 Å². The molecule has 0 saturated heterocycles. The number of rotatable bonds is 2. The maximum atomic E-state index is 6.06. The molecule has 0 atom stereocenters. The van der Waals surface area contributed by atoms with Crippen molar-refractivity contribution in [3.8, 4) is 0 Å². The number of thioether (sulfide) groups is 1. The lowest BCUT2D eigenvalue weighted by molar-refractivity contribution is 0.514. The van der Waals surface area contributed by atoms with E-state index in [1.54, 1.807) is 0 Å². The van der Waals surface area contributed by atoms with Gasteiger partial charge in [-0.25, -0.2) is 9.97 Å². The largest absolute Gasteiger partial charge is 0.383 e. The van der Waals surface area contributed by atoms with Gasteiger partial charge in [0.1, 0.15) is 16.7 Å². The van der Waals surface area contributed by atoms with Gasteiger partial charge in [0, 0.05) is 16.2 Å². The lowest BCUT2D eigenvalue weighted by Gasteiger charge is -2.23. The zero-order valence-corrected chi connectivity index (χ0v) is 13.3. The average Bonchev–Trinajstić information content (AvgIpc) is 2.34. The van der Waals surface area contributed by atoms with Gasteiger partial charge in [0.15, 0.2) is 0 Å². The fourth-order valence-corrected chi connectivity index (χ4v) is 3.61. The van der Waals surface area contributed by atoms with E-state index in [0.29, 0.717) is 11.1 Å². The molecular formula is C15H25N3S. The Morgan fingerprint density at radius 3 is 2.32 bits per heavy atom. The molecule has 2 N–H and O–H groups in total. The van der Waals surface area contributed by atoms with Crippen LogP contribution in [0.1, 0.15) is 64.3 Å². The van der Waals surface area contributed by atoms with Crippen LogP contribution < -0.4 is 5.73 Å². The van der Waals surface area contributed by atoms with Gasteiger partial charge >= 0.3 is 0 Å². The highest BCUT2D eigenvalue weighted by Crippen LogP contribution is 2.36. The van der Waals surface area contributed by atoms with Gasteiger partial charge in [-0.2, -0.15) is 0 Å². The standard InChI is InChI=1S/C15H25N3S/c1-10-12(16)17-14(15(2,3)4)18-13(10)19-11-8-6-5-7-9-11/h11H,5-9H2,1-4H3,(H2,16,17,18). The first-order valence-corrected chi connectivity index (χ1v) is 8.07. The van der Waals surface area contributed by atoms with E-state index in [1.165, 1.54) is 32.1 Å². The molecule has 1 saturated carbocycles. The van der Waals surface area contributed by atoms with Gasteiger partial charge in [0.05, 0.1) is 0 Å². The van der Waals surface area contributed by atoms with Crippen LogP contribution in [0.25, 0.3) is 0 Å². The Kier molecular flexibility index (Phi) is 4.39. The molecule has 0 amide bonds. The maximum Gasteiger partial charge on any atom is 0.137 e. The Labute approximate surface area is 120 Å². The van der Waals surface area contributed by atoms with Gasteiger partial charge in [0.25, 0.3) is 0 Å². The number of hydrogen-bond acceptors (Lipinski definition) is 4. The van der Waals surface area contributed by atoms with Crippen LogP contribution in [-0.2, 0) is 5.41 Å². The monoisotopic (exact) mass is 279 g/mol. The van der Waals surface area contributed by atoms with Gasteiger partial charge in [-0.1, -0.05) is 40.0 Å². The molecule has 0 aromatic carbocycles. The second kappa shape index (κ2) is 5.70. The summed E-state index contributed by atoms with van der Waals surface area (Å²) in [5, 5.41) is 1.79. The zero-order chi connectivity index (χ0) is 14.0. The lowest BCUT2D eigenvalue weighted by Crippen LogP contribution is -2.19. The third-order valence-corrected chi connectivity index (χ3v) is 5.07. The smallest absolute Gasteiger partial charge is 0.137 e. The van der Waals surface area contributed by atoms with Crippen molar-refractivity contribution in [1.82, 2.24) is 9.97 Å². The van der Waals surface area contributed by atoms with Crippen molar-refractivity contribution in [3.63, 3.8) is 0 Å². The van der Waals surface area contributed by atoms with Gasteiger partial charge in [-0.15, -0.1) is 11.8 Å². The molecule has 3 nitrogen and oxygen atoms in total. The first kappa shape index (κ1) is 14.6. The predicted octanol–water partition coefficient (Wildman–Crippen LogP) is 4.09. The summed E-state index contributed by atoms with van der Waals surface area (Å²) in [6, 6.07) is 0. The minimum atomic E-state index is -0.0519. The van der Waals surface area contributed by atoms with Crippen molar-refractivity contribution < 1.29 is 0 Å². The Morgan fingerprint density at radius 2 is 1.74 bits per heavy atom. The Balaban J connectivity index is 2.25. The summed E-state index contributed by atoms with van der Waals surface area (Å²) < 4.78 is 0. The van der Waals surface area contributed by atoms with E-state index < -0.39 is 0 Å². The highest BCUT2D eigenvalue weighted by molar-refractivity contribution is 7.99. The van der Waals surface area contributed by atoms with Gasteiger partial charge in [0.2, 0.25) is 0 Å². The Bertz CT molecular complexity index is 445. The molecule has 1 fully saturated rings. The second-order valence-corrected chi connectivity index (χ2v) is 7.78. The molecule has 1 aliphatic carbocycles. The molecule has 19 heavy (non-hydrogen) atoms. The lowest BCUT2D eigenvalue weighted by atomic mass is 9.95. The number of nitrogen functional groups attached to an aromatic ring is 1. The van der Waals surface area contributed by atoms with Crippen LogP contribution in [0, 0.1) is 6.92 Å². The number of nitrogens with two attached hydrogens (primary N) is 1. The van der Waals surface area contributed by atoms with E-state index in [-0.39, 0.29) is 5.41 Å². The summed E-state index contributed by atoms with van der Waals surface area (Å²) in [4.78, 5) is 9.22. The summed E-state index contributed by atoms with van der Waals surface area (Å²) in [5.41, 5.74) is 7.05. The van der Waals surface area contributed by atoms with Gasteiger partial charge in [-0.05, 0) is 19.8 Å². The van der Waals surface area contributed by atoms with Crippen LogP contribution in [0.4, 0.5) is 5.82 Å². The molecule has 1 aliphatic rings. The number of hydrogen-bond donors (Lipinski definition) is 1. The molecule has 0 bridgehead atoms. The van der Waals surface area contributed by atoms with Gasteiger partial charge in [-0.3, -0.25) is 0 Å². The highest BCUT2D eigenvalue weighted by Gasteiger charge is 2.22. The predicted molar refractivity (Wildman–Crippen MR) is 82.6 cm³/mol. The van der Waals surface area contributed by atoms with E-state index in [9.17, 15) is 0 Å². The van der Waals surface area contributed by atoms with Crippen molar-refractivity contribution in [3.05, 3.63) is 11.4 Å². The molecule has 0 unspecified atom stereocenters. The normalized spacial score (nSPS) is 17.7. The molecule has 4 heteroatoms. The Morgan fingerprint density at radius 1 is 1.11 bits per heavy atom. The third kappa shape index (κ3) is 3.62. The zero-order valence-electron chi connectivity index (χ0n) is 12.5. The molecular weight excluding hydrogens is 254 g/mol. The summed E-state index contributed by atoms with van der Waals surface area (Å²) in [7, 11) is 0.